The zero-order valence-corrected chi connectivity index (χ0v) is 16.0. The highest BCUT2D eigenvalue weighted by Crippen LogP contribution is 2.23. The first-order valence-electron chi connectivity index (χ1n) is 7.45. The number of hydrogen-bond donors (Lipinski definition) is 2. The molecule has 0 spiro atoms. The van der Waals surface area contributed by atoms with Crippen molar-refractivity contribution in [2.24, 2.45) is 16.6 Å². The number of aliphatic imine (C=N–C) groups is 1. The van der Waals surface area contributed by atoms with E-state index in [4.69, 9.17) is 10.5 Å². The Morgan fingerprint density at radius 3 is 2.83 bits per heavy atom. The molecule has 1 heterocycles. The molecule has 1 aromatic carbocycles. The van der Waals surface area contributed by atoms with Gasteiger partial charge in [0.1, 0.15) is 11.6 Å². The van der Waals surface area contributed by atoms with Crippen LogP contribution in [0.1, 0.15) is 19.4 Å². The normalized spacial score (nSPS) is 11.1. The predicted molar refractivity (Wildman–Crippen MR) is 104 cm³/mol. The first-order valence-corrected chi connectivity index (χ1v) is 7.45. The van der Waals surface area contributed by atoms with Gasteiger partial charge < -0.3 is 15.8 Å². The van der Waals surface area contributed by atoms with Crippen LogP contribution >= 0.6 is 24.0 Å². The van der Waals surface area contributed by atoms with Crippen molar-refractivity contribution in [1.82, 2.24) is 10.3 Å². The predicted octanol–water partition coefficient (Wildman–Crippen LogP) is 3.69. The van der Waals surface area contributed by atoms with Crippen molar-refractivity contribution in [3.8, 4) is 11.6 Å². The van der Waals surface area contributed by atoms with Gasteiger partial charge in [0.25, 0.3) is 0 Å². The molecule has 0 saturated carbocycles. The number of hydrogen-bond acceptors (Lipinski definition) is 3. The molecule has 0 amide bonds. The summed E-state index contributed by atoms with van der Waals surface area (Å²) in [7, 11) is 0. The molecule has 0 fully saturated rings. The number of benzene rings is 1. The van der Waals surface area contributed by atoms with E-state index in [1.54, 1.807) is 24.4 Å². The molecule has 2 rings (SSSR count). The highest BCUT2D eigenvalue weighted by atomic mass is 127. The zero-order chi connectivity index (χ0) is 16.7. The van der Waals surface area contributed by atoms with Gasteiger partial charge in [-0.2, -0.15) is 0 Å². The van der Waals surface area contributed by atoms with Crippen LogP contribution in [0.2, 0.25) is 0 Å². The lowest BCUT2D eigenvalue weighted by molar-refractivity contribution is 0.452. The number of nitrogens with two attached hydrogens (primary N) is 1. The third-order valence-corrected chi connectivity index (χ3v) is 2.97. The molecule has 0 bridgehead atoms. The molecule has 0 aliphatic heterocycles. The number of rotatable bonds is 6. The number of nitrogens with zero attached hydrogens (tertiary/aromatic N) is 2. The van der Waals surface area contributed by atoms with Crippen molar-refractivity contribution in [1.29, 1.82) is 0 Å². The Kier molecular flexibility index (Phi) is 8.45. The van der Waals surface area contributed by atoms with E-state index in [2.05, 4.69) is 29.1 Å². The molecular formula is C17H22FIN4O. The highest BCUT2D eigenvalue weighted by Gasteiger charge is 2.07. The summed E-state index contributed by atoms with van der Waals surface area (Å²) < 4.78 is 18.9. The van der Waals surface area contributed by atoms with Crippen LogP contribution < -0.4 is 15.8 Å². The Labute approximate surface area is 158 Å². The van der Waals surface area contributed by atoms with Gasteiger partial charge in [-0.3, -0.25) is 0 Å². The lowest BCUT2D eigenvalue weighted by atomic mass is 10.2. The van der Waals surface area contributed by atoms with Crippen LogP contribution in [0, 0.1) is 11.7 Å². The van der Waals surface area contributed by atoms with E-state index in [1.807, 2.05) is 6.07 Å². The standard InChI is InChI=1S/C17H21FN4O.HI/c1-12(2)10-21-17(19)22-11-13-5-4-8-20-16(13)23-15-7-3-6-14(18)9-15;/h3-9,12H,10-11H2,1-2H3,(H3,19,21,22);1H. The Morgan fingerprint density at radius 2 is 2.12 bits per heavy atom. The first-order chi connectivity index (χ1) is 11.0. The lowest BCUT2D eigenvalue weighted by Gasteiger charge is -2.10. The van der Waals surface area contributed by atoms with Crippen molar-refractivity contribution in [3.63, 3.8) is 0 Å². The molecule has 0 unspecified atom stereocenters. The van der Waals surface area contributed by atoms with E-state index in [0.717, 1.165) is 12.1 Å². The van der Waals surface area contributed by atoms with Gasteiger partial charge in [0, 0.05) is 24.4 Å². The molecule has 0 saturated heterocycles. The van der Waals surface area contributed by atoms with Crippen LogP contribution in [-0.2, 0) is 6.54 Å². The maximum Gasteiger partial charge on any atom is 0.224 e. The van der Waals surface area contributed by atoms with Gasteiger partial charge in [-0.05, 0) is 24.1 Å². The number of ether oxygens (including phenoxy) is 1. The molecule has 0 aliphatic rings. The molecule has 0 radical (unpaired) electrons. The molecule has 3 N–H and O–H groups in total. The molecule has 7 heteroatoms. The van der Waals surface area contributed by atoms with Crippen LogP contribution in [0.15, 0.2) is 47.6 Å². The van der Waals surface area contributed by atoms with Crippen molar-refractivity contribution >= 4 is 29.9 Å². The highest BCUT2D eigenvalue weighted by molar-refractivity contribution is 14.0. The van der Waals surface area contributed by atoms with Crippen LogP contribution in [0.3, 0.4) is 0 Å². The topological polar surface area (TPSA) is 72.5 Å². The van der Waals surface area contributed by atoms with Crippen molar-refractivity contribution in [2.45, 2.75) is 20.4 Å². The van der Waals surface area contributed by atoms with E-state index in [9.17, 15) is 4.39 Å². The summed E-state index contributed by atoms with van der Waals surface area (Å²) in [6.07, 6.45) is 1.61. The van der Waals surface area contributed by atoms with E-state index in [1.165, 1.54) is 12.1 Å². The number of guanidine groups is 1. The monoisotopic (exact) mass is 444 g/mol. The van der Waals surface area contributed by atoms with Gasteiger partial charge in [0.05, 0.1) is 6.54 Å². The van der Waals surface area contributed by atoms with Crippen molar-refractivity contribution in [2.75, 3.05) is 6.54 Å². The molecule has 5 nitrogen and oxygen atoms in total. The molecule has 24 heavy (non-hydrogen) atoms. The van der Waals surface area contributed by atoms with Crippen LogP contribution in [-0.4, -0.2) is 17.5 Å². The minimum absolute atomic E-state index is 0. The fraction of sp³-hybridized carbons (Fsp3) is 0.294. The summed E-state index contributed by atoms with van der Waals surface area (Å²) in [6.45, 7) is 5.27. The average molecular weight is 444 g/mol. The number of aromatic nitrogens is 1. The Balaban J connectivity index is 0.00000288. The summed E-state index contributed by atoms with van der Waals surface area (Å²) in [5, 5.41) is 3.05. The fourth-order valence-electron chi connectivity index (χ4n) is 1.81. The van der Waals surface area contributed by atoms with Crippen LogP contribution in [0.5, 0.6) is 11.6 Å². The van der Waals surface area contributed by atoms with Gasteiger partial charge in [-0.15, -0.1) is 24.0 Å². The quantitative estimate of drug-likeness (QED) is 0.405. The maximum absolute atomic E-state index is 13.2. The number of halogens is 2. The Hall–Kier alpha value is -1.90. The number of nitrogens with one attached hydrogen (secondary N) is 1. The summed E-state index contributed by atoms with van der Waals surface area (Å²) in [4.78, 5) is 8.46. The summed E-state index contributed by atoms with van der Waals surface area (Å²) in [5.41, 5.74) is 6.59. The third-order valence-electron chi connectivity index (χ3n) is 2.97. The number of pyridine rings is 1. The van der Waals surface area contributed by atoms with Crippen molar-refractivity contribution in [3.05, 3.63) is 54.0 Å². The first kappa shape index (κ1) is 20.1. The van der Waals surface area contributed by atoms with Crippen LogP contribution in [0.25, 0.3) is 0 Å². The van der Waals surface area contributed by atoms with E-state index in [-0.39, 0.29) is 29.8 Å². The van der Waals surface area contributed by atoms with E-state index < -0.39 is 0 Å². The Morgan fingerprint density at radius 1 is 1.33 bits per heavy atom. The Bertz CT molecular complexity index is 679. The van der Waals surface area contributed by atoms with E-state index in [0.29, 0.717) is 30.1 Å². The minimum atomic E-state index is -0.361. The lowest BCUT2D eigenvalue weighted by Crippen LogP contribution is -2.34. The summed E-state index contributed by atoms with van der Waals surface area (Å²) in [5.74, 6) is 1.27. The van der Waals surface area contributed by atoms with Crippen molar-refractivity contribution < 1.29 is 9.13 Å². The molecular weight excluding hydrogens is 422 g/mol. The average Bonchev–Trinajstić information content (AvgIpc) is 2.52. The van der Waals surface area contributed by atoms with Gasteiger partial charge in [0.15, 0.2) is 5.96 Å². The second-order valence-corrected chi connectivity index (χ2v) is 5.50. The minimum Gasteiger partial charge on any atom is -0.439 e. The second-order valence-electron chi connectivity index (χ2n) is 5.50. The van der Waals surface area contributed by atoms with Gasteiger partial charge in [0.2, 0.25) is 5.88 Å². The summed E-state index contributed by atoms with van der Waals surface area (Å²) >= 11 is 0. The van der Waals surface area contributed by atoms with Gasteiger partial charge >= 0.3 is 0 Å². The molecule has 2 aromatic rings. The maximum atomic E-state index is 13.2. The molecule has 1 aromatic heterocycles. The zero-order valence-electron chi connectivity index (χ0n) is 13.7. The fourth-order valence-corrected chi connectivity index (χ4v) is 1.81. The third kappa shape index (κ3) is 6.69. The van der Waals surface area contributed by atoms with Gasteiger partial charge in [-0.25, -0.2) is 14.4 Å². The molecule has 0 atom stereocenters. The van der Waals surface area contributed by atoms with Crippen LogP contribution in [0.4, 0.5) is 4.39 Å². The molecule has 0 aliphatic carbocycles. The largest absolute Gasteiger partial charge is 0.439 e. The smallest absolute Gasteiger partial charge is 0.224 e. The van der Waals surface area contributed by atoms with Gasteiger partial charge in [-0.1, -0.05) is 26.0 Å². The summed E-state index contributed by atoms with van der Waals surface area (Å²) in [6, 6.07) is 9.56. The SMILES string of the molecule is CC(C)CNC(N)=NCc1cccnc1Oc1cccc(F)c1.I. The molecule has 130 valence electrons. The van der Waals surface area contributed by atoms with E-state index >= 15 is 0 Å². The second kappa shape index (κ2) is 10.1.